The molecule has 768 valence electrons. The minimum Gasteiger partial charge on any atom is -0.299 e. The van der Waals surface area contributed by atoms with Crippen LogP contribution in [0.1, 0.15) is 350 Å². The van der Waals surface area contributed by atoms with Gasteiger partial charge in [0, 0.05) is 150 Å². The van der Waals surface area contributed by atoms with E-state index in [4.69, 9.17) is 0 Å². The second-order valence-corrected chi connectivity index (χ2v) is 41.7. The monoisotopic (exact) mass is 1960 g/mol. The van der Waals surface area contributed by atoms with Gasteiger partial charge in [-0.3, -0.25) is 44.4 Å². The molecule has 20 nitrogen and oxygen atoms in total. The highest BCUT2D eigenvalue weighted by Crippen LogP contribution is 2.23. The zero-order valence-electron chi connectivity index (χ0n) is 93.1. The molecule has 0 bridgehead atoms. The summed E-state index contributed by atoms with van der Waals surface area (Å²) in [6, 6.07) is 51.3. The summed E-state index contributed by atoms with van der Waals surface area (Å²) in [5.41, 5.74) is 1.19. The van der Waals surface area contributed by atoms with E-state index in [0.717, 1.165) is 88.8 Å². The number of nitrogens with zero attached hydrogens (tertiary/aromatic N) is 18. The van der Waals surface area contributed by atoms with Crippen molar-refractivity contribution in [2.24, 2.45) is 64.2 Å². The van der Waals surface area contributed by atoms with Crippen molar-refractivity contribution in [1.29, 1.82) is 0 Å². The van der Waals surface area contributed by atoms with Crippen LogP contribution in [0.5, 0.6) is 0 Å². The summed E-state index contributed by atoms with van der Waals surface area (Å²) in [7, 11) is 0. The second kappa shape index (κ2) is 103. The molecule has 24 heteroatoms. The first-order valence-corrected chi connectivity index (χ1v) is 52.0. The van der Waals surface area contributed by atoms with Crippen LogP contribution in [0, 0.1) is 59.2 Å². The highest BCUT2D eigenvalue weighted by molar-refractivity contribution is 7.17. The first-order valence-electron chi connectivity index (χ1n) is 48.7. The first-order chi connectivity index (χ1) is 64.5. The number of H-pyrrole nitrogens is 1. The molecule has 0 atom stereocenters. The standard InChI is InChI=1S/C12H13N.C8H6S.C7H14N4.C6H10N2.C6H6.C5H9N3.C5H8N2OS.2C5H5N.C4H4N2.C4H5N.10C4H10.2C3H3NS/c1-9(2)12-11-6-4-3-5-10(11)7-8-13-12;1-2-4-8-7(3-1)5-6-9-8;1-5(2)7-8-10-11(9-7)6(3)4;1-6(2)8-5-3-4-7-8;1-2-4-6-5-3-1;1-5(2)8-6-3-4-7-8;1-3(2)4-6-5(8)9-7-4;2*1-2-4-6-5-3-1;1-2-6-4-3-5-1;1-2-4-5-3-1;10*1-4(2)3;2*1-2-4-5-3-1/h3-9H,1-2H3;1-6H;5-6H,1-4H3;3-6H,1-2H3;1-6H;3-5H,1-2H3;3H,1-2H3,(H,6,7,8);2*1-5H;1-4H;1,3-4H,2H2;10*4H,1-3H3;2*1-3H. The van der Waals surface area contributed by atoms with E-state index >= 15 is 0 Å². The Hall–Kier alpha value is -10.1. The van der Waals surface area contributed by atoms with Gasteiger partial charge < -0.3 is 0 Å². The summed E-state index contributed by atoms with van der Waals surface area (Å²) in [5, 5.41) is 33.8. The normalized spacial score (nSPS) is 9.80. The lowest BCUT2D eigenvalue weighted by atomic mass is 10.0. The Morgan fingerprint density at radius 1 is 0.336 bits per heavy atom. The van der Waals surface area contributed by atoms with Gasteiger partial charge in [0.15, 0.2) is 5.82 Å². The number of nitrogens with one attached hydrogen (secondary N) is 1. The Labute approximate surface area is 852 Å². The van der Waals surface area contributed by atoms with Crippen molar-refractivity contribution >= 4 is 73.0 Å². The van der Waals surface area contributed by atoms with Gasteiger partial charge in [-0.1, -0.05) is 346 Å². The maximum Gasteiger partial charge on any atom is 0.323 e. The fourth-order valence-corrected chi connectivity index (χ4v) is 8.77. The van der Waals surface area contributed by atoms with Crippen LogP contribution in [0.15, 0.2) is 283 Å². The molecule has 0 saturated carbocycles. The summed E-state index contributed by atoms with van der Waals surface area (Å²) < 4.78 is 14.7. The summed E-state index contributed by atoms with van der Waals surface area (Å²) >= 11 is 5.68. The zero-order valence-corrected chi connectivity index (χ0v) is 96.4. The van der Waals surface area contributed by atoms with Crippen LogP contribution >= 0.6 is 45.9 Å². The summed E-state index contributed by atoms with van der Waals surface area (Å²) in [6.45, 7) is 89.8. The molecular weight excluding hydrogens is 1770 g/mol. The molecule has 0 amide bonds. The Morgan fingerprint density at radius 3 is 0.949 bits per heavy atom. The van der Waals surface area contributed by atoms with E-state index in [0.29, 0.717) is 35.9 Å². The van der Waals surface area contributed by atoms with E-state index in [9.17, 15) is 4.79 Å². The van der Waals surface area contributed by atoms with E-state index in [1.54, 1.807) is 108 Å². The van der Waals surface area contributed by atoms with Crippen LogP contribution in [0.4, 0.5) is 0 Å². The molecule has 0 spiro atoms. The SMILES string of the molecule is C1=CN=CC1.CC(C)C.CC(C)C.CC(C)C.CC(C)C.CC(C)C.CC(C)C.CC(C)C.CC(C)C.CC(C)C.CC(C)C.CC(C)c1nccc2ccccc12.CC(C)c1nnn(C(C)C)n1.CC(C)c1nsc(=O)[nH]1.CC(C)n1cccn1.CC(C)n1nccn1.c1ccc2sccc2c1.c1ccccc1.c1ccncc1.c1ccncc1.c1cnccn1.c1cnsc1.c1cnsc1. The molecule has 0 aliphatic carbocycles. The minimum absolute atomic E-state index is 0.0706. The van der Waals surface area contributed by atoms with Gasteiger partial charge in [0.05, 0.1) is 30.2 Å². The van der Waals surface area contributed by atoms with Gasteiger partial charge in [-0.05, 0) is 212 Å². The number of aromatic amines is 1. The molecule has 137 heavy (non-hydrogen) atoms. The topological polar surface area (TPSA) is 240 Å². The number of benzene rings is 3. The number of thiophene rings is 1. The molecule has 3 aromatic carbocycles. The van der Waals surface area contributed by atoms with Crippen LogP contribution in [-0.2, 0) is 0 Å². The number of hydrogen-bond acceptors (Lipinski definition) is 20. The Morgan fingerprint density at radius 2 is 0.723 bits per heavy atom. The number of fused-ring (bicyclic) bond motifs is 2. The molecule has 1 aliphatic heterocycles. The lowest BCUT2D eigenvalue weighted by Gasteiger charge is -2.07. The van der Waals surface area contributed by atoms with Crippen LogP contribution in [0.25, 0.3) is 20.9 Å². The van der Waals surface area contributed by atoms with Crippen molar-refractivity contribution in [3.8, 4) is 0 Å². The third-order valence-electron chi connectivity index (χ3n) is 11.5. The van der Waals surface area contributed by atoms with E-state index in [1.807, 2.05) is 173 Å². The second-order valence-electron chi connectivity index (χ2n) is 38.7. The van der Waals surface area contributed by atoms with E-state index in [-0.39, 0.29) is 4.87 Å². The van der Waals surface area contributed by atoms with Gasteiger partial charge in [-0.25, -0.2) is 8.75 Å². The van der Waals surface area contributed by atoms with Crippen molar-refractivity contribution in [3.05, 3.63) is 300 Å². The van der Waals surface area contributed by atoms with Crippen molar-refractivity contribution < 1.29 is 0 Å². The van der Waals surface area contributed by atoms with E-state index in [2.05, 4.69) is 394 Å². The molecule has 0 radical (unpaired) electrons. The third-order valence-corrected chi connectivity index (χ3v) is 14.0. The number of tetrazole rings is 1. The smallest absolute Gasteiger partial charge is 0.299 e. The molecule has 11 aromatic heterocycles. The predicted octanol–water partition coefficient (Wildman–Crippen LogP) is 35.1. The van der Waals surface area contributed by atoms with Crippen molar-refractivity contribution in [1.82, 2.24) is 88.0 Å². The molecule has 14 aromatic rings. The highest BCUT2D eigenvalue weighted by atomic mass is 32.1. The van der Waals surface area contributed by atoms with Crippen LogP contribution in [0.2, 0.25) is 0 Å². The molecule has 0 saturated heterocycles. The van der Waals surface area contributed by atoms with Gasteiger partial charge in [-0.2, -0.15) is 29.3 Å². The zero-order chi connectivity index (χ0) is 106. The minimum atomic E-state index is -0.0706. The third kappa shape index (κ3) is 128. The van der Waals surface area contributed by atoms with Gasteiger partial charge in [0.2, 0.25) is 0 Å². The summed E-state index contributed by atoms with van der Waals surface area (Å²) in [5.74, 6) is 11.1. The lowest BCUT2D eigenvalue weighted by Crippen LogP contribution is -2.05. The first kappa shape index (κ1) is 142. The number of rotatable bonds is 6. The van der Waals surface area contributed by atoms with Crippen molar-refractivity contribution in [2.45, 2.75) is 333 Å². The average Bonchev–Trinajstić information content (AvgIpc) is 1.63. The molecule has 0 unspecified atom stereocenters. The number of hydrogen-bond donors (Lipinski definition) is 1. The molecule has 15 rings (SSSR count). The van der Waals surface area contributed by atoms with Gasteiger partial charge in [-0.15, -0.1) is 21.5 Å². The largest absolute Gasteiger partial charge is 0.323 e. The summed E-state index contributed by atoms with van der Waals surface area (Å²) in [6.07, 6.45) is 32.8. The molecule has 12 heterocycles. The quantitative estimate of drug-likeness (QED) is 0.163. The van der Waals surface area contributed by atoms with E-state index < -0.39 is 0 Å². The Kier molecular flexibility index (Phi) is 107. The summed E-state index contributed by atoms with van der Waals surface area (Å²) in [4.78, 5) is 39.6. The van der Waals surface area contributed by atoms with Crippen molar-refractivity contribution in [3.63, 3.8) is 0 Å². The van der Waals surface area contributed by atoms with E-state index in [1.165, 1.54) is 49.6 Å². The fraction of sp³-hybridized carbons (Fsp3) is 0.522. The van der Waals surface area contributed by atoms with Crippen LogP contribution in [-0.4, -0.2) is 94.2 Å². The van der Waals surface area contributed by atoms with Gasteiger partial charge in [0.25, 0.3) is 0 Å². The molecular formula is C113H191N19OS4. The number of aromatic nitrogens is 18. The molecule has 0 fully saturated rings. The average molecular weight is 1960 g/mol. The number of pyridine rings is 3. The van der Waals surface area contributed by atoms with Crippen LogP contribution < -0.4 is 4.87 Å². The fourth-order valence-electron chi connectivity index (χ4n) is 6.68. The number of aliphatic imine (C=N–C) groups is 1. The predicted molar refractivity (Wildman–Crippen MR) is 608 cm³/mol. The van der Waals surface area contributed by atoms with Crippen LogP contribution in [0.3, 0.4) is 0 Å². The maximum atomic E-state index is 10.5. The van der Waals surface area contributed by atoms with Gasteiger partial charge >= 0.3 is 4.87 Å². The van der Waals surface area contributed by atoms with Crippen molar-refractivity contribution in [2.75, 3.05) is 0 Å². The number of allylic oxidation sites excluding steroid dienone is 1. The lowest BCUT2D eigenvalue weighted by molar-refractivity contribution is 0.452. The van der Waals surface area contributed by atoms with Gasteiger partial charge in [0.1, 0.15) is 5.82 Å². The molecule has 1 aliphatic rings. The Bertz CT molecular complexity index is 4070. The molecule has 1 N–H and O–H groups in total. The Balaban J connectivity index is -0.000000214. The maximum absolute atomic E-state index is 10.5. The highest BCUT2D eigenvalue weighted by Gasteiger charge is 2.09.